The fourth-order valence-corrected chi connectivity index (χ4v) is 5.87. The zero-order valence-corrected chi connectivity index (χ0v) is 25.0. The number of halogens is 5. The molecule has 0 saturated carbocycles. The van der Waals surface area contributed by atoms with E-state index in [2.05, 4.69) is 20.0 Å². The molecule has 0 N–H and O–H groups in total. The Labute approximate surface area is 262 Å². The van der Waals surface area contributed by atoms with Gasteiger partial charge in [0, 0.05) is 33.4 Å². The number of benzene rings is 2. The summed E-state index contributed by atoms with van der Waals surface area (Å²) in [5.74, 6) is -2.16. The van der Waals surface area contributed by atoms with Crippen LogP contribution in [0.3, 0.4) is 0 Å². The molecule has 8 nitrogen and oxygen atoms in total. The molecule has 3 heterocycles. The normalized spacial score (nSPS) is 21.0. The van der Waals surface area contributed by atoms with Crippen molar-refractivity contribution in [3.05, 3.63) is 95.8 Å². The van der Waals surface area contributed by atoms with E-state index in [1.165, 1.54) is 42.4 Å². The van der Waals surface area contributed by atoms with Crippen LogP contribution in [0.25, 0.3) is 28.3 Å². The maximum atomic E-state index is 15.0. The maximum Gasteiger partial charge on any atom is 0.415 e. The SMILES string of the molecule is COC1(Cn2cc3nc(-c4cccc(F)c4F)nc-3cn2)C=CC(c2ccccc2)=C(C(F)(F)F)C1OCCCN1CCOCC1. The van der Waals surface area contributed by atoms with Gasteiger partial charge in [0.05, 0.1) is 43.3 Å². The van der Waals surface area contributed by atoms with Gasteiger partial charge < -0.3 is 14.2 Å². The average Bonchev–Trinajstić information content (AvgIpc) is 3.48. The number of methoxy groups -OCH3 is 1. The summed E-state index contributed by atoms with van der Waals surface area (Å²) in [4.78, 5) is 10.8. The summed E-state index contributed by atoms with van der Waals surface area (Å²) in [6.07, 6.45) is 0.0600. The van der Waals surface area contributed by atoms with Crippen LogP contribution < -0.4 is 0 Å². The van der Waals surface area contributed by atoms with Crippen LogP contribution in [-0.2, 0) is 20.8 Å². The molecular weight excluding hydrogens is 609 g/mol. The number of hydrogen-bond donors (Lipinski definition) is 0. The molecular formula is C33H32F5N5O3. The smallest absolute Gasteiger partial charge is 0.379 e. The zero-order chi connectivity index (χ0) is 32.3. The predicted molar refractivity (Wildman–Crippen MR) is 160 cm³/mol. The second kappa shape index (κ2) is 13.4. The molecule has 242 valence electrons. The first-order valence-electron chi connectivity index (χ1n) is 14.9. The number of fused-ring (bicyclic) bond motifs is 1. The van der Waals surface area contributed by atoms with Crippen molar-refractivity contribution in [2.24, 2.45) is 0 Å². The van der Waals surface area contributed by atoms with Crippen LogP contribution >= 0.6 is 0 Å². The van der Waals surface area contributed by atoms with Gasteiger partial charge in [-0.3, -0.25) is 9.58 Å². The highest BCUT2D eigenvalue weighted by atomic mass is 19.4. The van der Waals surface area contributed by atoms with Crippen molar-refractivity contribution in [3.8, 4) is 22.8 Å². The molecule has 0 aromatic heterocycles. The molecule has 0 bridgehead atoms. The van der Waals surface area contributed by atoms with E-state index in [9.17, 15) is 8.78 Å². The third kappa shape index (κ3) is 6.59. The summed E-state index contributed by atoms with van der Waals surface area (Å²) < 4.78 is 92.2. The van der Waals surface area contributed by atoms with E-state index in [0.29, 0.717) is 43.1 Å². The molecule has 6 rings (SSSR count). The molecule has 3 aliphatic heterocycles. The summed E-state index contributed by atoms with van der Waals surface area (Å²) >= 11 is 0. The van der Waals surface area contributed by atoms with Crippen molar-refractivity contribution in [1.82, 2.24) is 24.6 Å². The largest absolute Gasteiger partial charge is 0.415 e. The lowest BCUT2D eigenvalue weighted by molar-refractivity contribution is -0.149. The van der Waals surface area contributed by atoms with Gasteiger partial charge in [-0.25, -0.2) is 18.7 Å². The summed E-state index contributed by atoms with van der Waals surface area (Å²) in [6, 6.07) is 12.0. The Hall–Kier alpha value is -4.04. The first kappa shape index (κ1) is 31.9. The number of allylic oxidation sites excluding steroid dienone is 2. The molecule has 2 unspecified atom stereocenters. The van der Waals surface area contributed by atoms with Gasteiger partial charge in [0.1, 0.15) is 23.1 Å². The number of morpholine rings is 1. The third-order valence-electron chi connectivity index (χ3n) is 8.22. The number of ether oxygens (including phenoxy) is 3. The van der Waals surface area contributed by atoms with Crippen molar-refractivity contribution in [3.63, 3.8) is 0 Å². The Morgan fingerprint density at radius 2 is 1.76 bits per heavy atom. The van der Waals surface area contributed by atoms with Gasteiger partial charge in [0.2, 0.25) is 0 Å². The van der Waals surface area contributed by atoms with E-state index < -0.39 is 35.1 Å². The lowest BCUT2D eigenvalue weighted by Crippen LogP contribution is -2.53. The van der Waals surface area contributed by atoms with Gasteiger partial charge in [-0.15, -0.1) is 0 Å². The zero-order valence-electron chi connectivity index (χ0n) is 25.0. The molecule has 1 saturated heterocycles. The number of aromatic nitrogens is 4. The van der Waals surface area contributed by atoms with Crippen LogP contribution in [0.5, 0.6) is 0 Å². The number of rotatable bonds is 10. The first-order valence-corrected chi connectivity index (χ1v) is 14.9. The molecule has 2 atom stereocenters. The highest BCUT2D eigenvalue weighted by molar-refractivity contribution is 5.80. The van der Waals surface area contributed by atoms with Gasteiger partial charge in [0.15, 0.2) is 17.5 Å². The molecule has 4 aliphatic rings. The number of hydrogen-bond acceptors (Lipinski definition) is 7. The predicted octanol–water partition coefficient (Wildman–Crippen LogP) is 5.80. The summed E-state index contributed by atoms with van der Waals surface area (Å²) in [7, 11) is 1.34. The standard InChI is InChI=1S/C33H32F5N5O3/c1-44-32(21-43-20-27-26(19-39-43)40-31(41-27)24-9-5-10-25(34)29(24)35)12-11-23(22-7-3-2-4-8-22)28(33(36,37)38)30(32)46-16-6-13-42-14-17-45-18-15-42/h2-5,7-12,19-20,30H,6,13-18,21H2,1H3. The van der Waals surface area contributed by atoms with Crippen molar-refractivity contribution in [2.45, 2.75) is 30.8 Å². The lowest BCUT2D eigenvalue weighted by atomic mass is 9.80. The lowest BCUT2D eigenvalue weighted by Gasteiger charge is -2.42. The molecule has 2 aromatic carbocycles. The Balaban J connectivity index is 1.34. The summed E-state index contributed by atoms with van der Waals surface area (Å²) in [5.41, 5.74) is -1.60. The number of imidazole rings is 1. The molecule has 0 amide bonds. The Bertz CT molecular complexity index is 1690. The van der Waals surface area contributed by atoms with E-state index >= 15 is 13.2 Å². The van der Waals surface area contributed by atoms with E-state index in [0.717, 1.165) is 19.2 Å². The van der Waals surface area contributed by atoms with E-state index in [1.54, 1.807) is 36.4 Å². The van der Waals surface area contributed by atoms with Crippen LogP contribution in [0.4, 0.5) is 22.0 Å². The van der Waals surface area contributed by atoms with Crippen LogP contribution in [0.2, 0.25) is 0 Å². The van der Waals surface area contributed by atoms with Gasteiger partial charge in [-0.2, -0.15) is 18.3 Å². The Morgan fingerprint density at radius 1 is 1.00 bits per heavy atom. The highest BCUT2D eigenvalue weighted by Crippen LogP contribution is 2.45. The second-order valence-electron chi connectivity index (χ2n) is 11.1. The van der Waals surface area contributed by atoms with Crippen LogP contribution in [0.1, 0.15) is 12.0 Å². The monoisotopic (exact) mass is 641 g/mol. The minimum atomic E-state index is -4.75. The second-order valence-corrected chi connectivity index (χ2v) is 11.1. The van der Waals surface area contributed by atoms with Crippen molar-refractivity contribution < 1.29 is 36.2 Å². The van der Waals surface area contributed by atoms with E-state index in [-0.39, 0.29) is 30.1 Å². The van der Waals surface area contributed by atoms with E-state index in [1.807, 2.05) is 0 Å². The third-order valence-corrected chi connectivity index (χ3v) is 8.22. The van der Waals surface area contributed by atoms with Gasteiger partial charge in [-0.1, -0.05) is 42.5 Å². The molecule has 46 heavy (non-hydrogen) atoms. The fraction of sp³-hybridized carbons (Fsp3) is 0.364. The molecule has 0 spiro atoms. The van der Waals surface area contributed by atoms with Crippen molar-refractivity contribution in [1.29, 1.82) is 0 Å². The summed E-state index contributed by atoms with van der Waals surface area (Å²) in [6.45, 7) is 3.26. The quantitative estimate of drug-likeness (QED) is 0.160. The fourth-order valence-electron chi connectivity index (χ4n) is 5.87. The molecule has 1 fully saturated rings. The molecule has 1 aliphatic carbocycles. The first-order chi connectivity index (χ1) is 22.2. The summed E-state index contributed by atoms with van der Waals surface area (Å²) in [5, 5.41) is 4.36. The van der Waals surface area contributed by atoms with Crippen LogP contribution in [0.15, 0.2) is 78.6 Å². The van der Waals surface area contributed by atoms with E-state index in [4.69, 9.17) is 14.2 Å². The van der Waals surface area contributed by atoms with Gasteiger partial charge >= 0.3 is 6.18 Å². The van der Waals surface area contributed by atoms with Gasteiger partial charge in [-0.05, 0) is 35.8 Å². The number of alkyl halides is 3. The Morgan fingerprint density at radius 3 is 2.50 bits per heavy atom. The van der Waals surface area contributed by atoms with Crippen LogP contribution in [-0.4, -0.2) is 89.1 Å². The minimum absolute atomic E-state index is 0.00368. The average molecular weight is 642 g/mol. The highest BCUT2D eigenvalue weighted by Gasteiger charge is 2.53. The molecule has 13 heteroatoms. The van der Waals surface area contributed by atoms with Crippen molar-refractivity contribution >= 4 is 5.57 Å². The molecule has 0 radical (unpaired) electrons. The van der Waals surface area contributed by atoms with Crippen molar-refractivity contribution in [2.75, 3.05) is 46.6 Å². The van der Waals surface area contributed by atoms with Crippen LogP contribution in [0, 0.1) is 11.6 Å². The minimum Gasteiger partial charge on any atom is -0.379 e. The number of nitrogens with zero attached hydrogens (tertiary/aromatic N) is 5. The maximum absolute atomic E-state index is 15.0. The van der Waals surface area contributed by atoms with Gasteiger partial charge in [0.25, 0.3) is 0 Å². The molecule has 2 aromatic rings. The Kier molecular flexibility index (Phi) is 9.27. The topological polar surface area (TPSA) is 74.5 Å².